The molecule has 2 heteroatoms. The number of hydrogen-bond donors (Lipinski definition) is 0. The number of benzene rings is 3. The maximum Gasteiger partial charge on any atom is 0.0671 e. The van der Waals surface area contributed by atoms with E-state index in [0.717, 1.165) is 5.70 Å². The zero-order valence-corrected chi connectivity index (χ0v) is 15.3. The standard InChI is InChI=1S/C26H18N2/c1-3-10-25-22(8-1)23-9-2-4-11-26(23)28(25)21-7-5-6-19(16-21)20-13-12-18-14-15-27-24(18)17-20/h1-17,20H. The summed E-state index contributed by atoms with van der Waals surface area (Å²) in [5.74, 6) is 0.246. The fourth-order valence-electron chi connectivity index (χ4n) is 4.35. The van der Waals surface area contributed by atoms with E-state index in [9.17, 15) is 0 Å². The zero-order valence-electron chi connectivity index (χ0n) is 15.3. The minimum atomic E-state index is 0.246. The Balaban J connectivity index is 1.54. The van der Waals surface area contributed by atoms with Gasteiger partial charge in [0.15, 0.2) is 0 Å². The first kappa shape index (κ1) is 15.4. The van der Waals surface area contributed by atoms with Crippen LogP contribution in [0.2, 0.25) is 0 Å². The van der Waals surface area contributed by atoms with Gasteiger partial charge in [-0.3, -0.25) is 4.99 Å². The van der Waals surface area contributed by atoms with E-state index in [4.69, 9.17) is 0 Å². The third-order valence-electron chi connectivity index (χ3n) is 5.68. The molecule has 2 aliphatic rings. The second-order valence-corrected chi connectivity index (χ2v) is 7.30. The molecule has 0 spiro atoms. The lowest BCUT2D eigenvalue weighted by atomic mass is 9.91. The molecule has 0 amide bonds. The van der Waals surface area contributed by atoms with Gasteiger partial charge in [-0.2, -0.15) is 0 Å². The summed E-state index contributed by atoms with van der Waals surface area (Å²) < 4.78 is 2.37. The molecule has 0 bridgehead atoms. The highest BCUT2D eigenvalue weighted by atomic mass is 15.0. The van der Waals surface area contributed by atoms with Gasteiger partial charge in [0.05, 0.1) is 16.7 Å². The summed E-state index contributed by atoms with van der Waals surface area (Å²) in [5.41, 5.74) is 7.24. The summed E-state index contributed by atoms with van der Waals surface area (Å²) in [6.45, 7) is 0. The molecule has 4 aromatic rings. The van der Waals surface area contributed by atoms with E-state index >= 15 is 0 Å². The molecule has 0 saturated carbocycles. The normalized spacial score (nSPS) is 17.8. The summed E-state index contributed by atoms with van der Waals surface area (Å²) in [6.07, 6.45) is 10.6. The van der Waals surface area contributed by atoms with E-state index in [-0.39, 0.29) is 5.92 Å². The third-order valence-corrected chi connectivity index (χ3v) is 5.68. The van der Waals surface area contributed by atoms with E-state index in [1.165, 1.54) is 38.6 Å². The molecule has 1 unspecified atom stereocenters. The molecule has 0 fully saturated rings. The van der Waals surface area contributed by atoms with Crippen LogP contribution < -0.4 is 0 Å². The van der Waals surface area contributed by atoms with Gasteiger partial charge in [-0.1, -0.05) is 60.7 Å². The molecule has 0 N–H and O–H groups in total. The maximum absolute atomic E-state index is 4.47. The molecule has 2 nitrogen and oxygen atoms in total. The molecule has 132 valence electrons. The second-order valence-electron chi connectivity index (χ2n) is 7.30. The summed E-state index contributed by atoms with van der Waals surface area (Å²) in [7, 11) is 0. The van der Waals surface area contributed by atoms with Crippen molar-refractivity contribution in [2.45, 2.75) is 5.92 Å². The Morgan fingerprint density at radius 2 is 1.54 bits per heavy atom. The Bertz CT molecular complexity index is 1310. The molecule has 1 aliphatic carbocycles. The van der Waals surface area contributed by atoms with Crippen LogP contribution in [0.3, 0.4) is 0 Å². The summed E-state index contributed by atoms with van der Waals surface area (Å²) in [5, 5.41) is 2.58. The number of aromatic nitrogens is 1. The van der Waals surface area contributed by atoms with Crippen LogP contribution in [-0.4, -0.2) is 10.8 Å². The van der Waals surface area contributed by atoms with Crippen LogP contribution in [0, 0.1) is 0 Å². The van der Waals surface area contributed by atoms with Gasteiger partial charge in [-0.15, -0.1) is 0 Å². The zero-order chi connectivity index (χ0) is 18.5. The van der Waals surface area contributed by atoms with Crippen molar-refractivity contribution in [1.82, 2.24) is 4.57 Å². The molecule has 1 aliphatic heterocycles. The maximum atomic E-state index is 4.47. The van der Waals surface area contributed by atoms with Gasteiger partial charge >= 0.3 is 0 Å². The third kappa shape index (κ3) is 2.25. The molecule has 1 aromatic heterocycles. The molecule has 28 heavy (non-hydrogen) atoms. The summed E-state index contributed by atoms with van der Waals surface area (Å²) in [6, 6.07) is 26.1. The first-order chi connectivity index (χ1) is 13.9. The lowest BCUT2D eigenvalue weighted by Gasteiger charge is -2.16. The Morgan fingerprint density at radius 1 is 0.786 bits per heavy atom. The van der Waals surface area contributed by atoms with Crippen LogP contribution in [0.1, 0.15) is 11.5 Å². The summed E-state index contributed by atoms with van der Waals surface area (Å²) >= 11 is 0. The van der Waals surface area contributed by atoms with E-state index < -0.39 is 0 Å². The monoisotopic (exact) mass is 358 g/mol. The molecular formula is C26H18N2. The van der Waals surface area contributed by atoms with Gasteiger partial charge < -0.3 is 4.57 Å². The SMILES string of the molecule is C1=CC(c2cccc(-n3c4ccccc4c4ccccc43)c2)C=C2N=CC=C12. The molecule has 1 atom stereocenters. The van der Waals surface area contributed by atoms with E-state index in [1.807, 2.05) is 6.21 Å². The van der Waals surface area contributed by atoms with Crippen LogP contribution >= 0.6 is 0 Å². The van der Waals surface area contributed by atoms with E-state index in [0.29, 0.717) is 0 Å². The fourth-order valence-corrected chi connectivity index (χ4v) is 4.35. The minimum Gasteiger partial charge on any atom is -0.309 e. The number of fused-ring (bicyclic) bond motifs is 4. The van der Waals surface area contributed by atoms with Gasteiger partial charge in [-0.05, 0) is 42.0 Å². The topological polar surface area (TPSA) is 17.3 Å². The van der Waals surface area contributed by atoms with E-state index in [1.54, 1.807) is 0 Å². The number of allylic oxidation sites excluding steroid dienone is 4. The van der Waals surface area contributed by atoms with E-state index in [2.05, 4.69) is 107 Å². The lowest BCUT2D eigenvalue weighted by Crippen LogP contribution is -2.00. The van der Waals surface area contributed by atoms with Crippen molar-refractivity contribution in [3.8, 4) is 5.69 Å². The largest absolute Gasteiger partial charge is 0.309 e. The Hall–Kier alpha value is -3.65. The summed E-state index contributed by atoms with van der Waals surface area (Å²) in [4.78, 5) is 4.47. The van der Waals surface area contributed by atoms with Crippen molar-refractivity contribution in [2.24, 2.45) is 4.99 Å². The van der Waals surface area contributed by atoms with Gasteiger partial charge in [0.25, 0.3) is 0 Å². The predicted molar refractivity (Wildman–Crippen MR) is 117 cm³/mol. The molecular weight excluding hydrogens is 340 g/mol. The highest BCUT2D eigenvalue weighted by Gasteiger charge is 2.17. The van der Waals surface area contributed by atoms with Crippen LogP contribution in [-0.2, 0) is 0 Å². The molecule has 0 saturated heterocycles. The first-order valence-corrected chi connectivity index (χ1v) is 9.62. The van der Waals surface area contributed by atoms with Crippen molar-refractivity contribution in [3.63, 3.8) is 0 Å². The average Bonchev–Trinajstić information content (AvgIpc) is 3.36. The van der Waals surface area contributed by atoms with Crippen LogP contribution in [0.5, 0.6) is 0 Å². The number of rotatable bonds is 2. The van der Waals surface area contributed by atoms with Crippen LogP contribution in [0.25, 0.3) is 27.5 Å². The number of nitrogens with zero attached hydrogens (tertiary/aromatic N) is 2. The molecule has 2 heterocycles. The first-order valence-electron chi connectivity index (χ1n) is 9.62. The fraction of sp³-hybridized carbons (Fsp3) is 0.0385. The number of hydrogen-bond acceptors (Lipinski definition) is 1. The molecule has 3 aromatic carbocycles. The van der Waals surface area contributed by atoms with Gasteiger partial charge in [0.1, 0.15) is 0 Å². The minimum absolute atomic E-state index is 0.246. The highest BCUT2D eigenvalue weighted by Crippen LogP contribution is 2.35. The van der Waals surface area contributed by atoms with Crippen molar-refractivity contribution in [3.05, 3.63) is 114 Å². The Labute approximate surface area is 163 Å². The molecule has 0 radical (unpaired) electrons. The predicted octanol–water partition coefficient (Wildman–Crippen LogP) is 6.33. The van der Waals surface area contributed by atoms with Crippen molar-refractivity contribution in [2.75, 3.05) is 0 Å². The van der Waals surface area contributed by atoms with Gasteiger partial charge in [0.2, 0.25) is 0 Å². The quantitative estimate of drug-likeness (QED) is 0.398. The Kier molecular flexibility index (Phi) is 3.26. The van der Waals surface area contributed by atoms with Crippen molar-refractivity contribution < 1.29 is 0 Å². The van der Waals surface area contributed by atoms with Crippen molar-refractivity contribution >= 4 is 28.0 Å². The van der Waals surface area contributed by atoms with Crippen LogP contribution in [0.4, 0.5) is 0 Å². The lowest BCUT2D eigenvalue weighted by molar-refractivity contribution is 1.03. The van der Waals surface area contributed by atoms with Crippen LogP contribution in [0.15, 0.2) is 113 Å². The van der Waals surface area contributed by atoms with Crippen molar-refractivity contribution in [1.29, 1.82) is 0 Å². The van der Waals surface area contributed by atoms with Gasteiger partial charge in [-0.25, -0.2) is 0 Å². The number of para-hydroxylation sites is 2. The molecule has 6 rings (SSSR count). The average molecular weight is 358 g/mol. The smallest absolute Gasteiger partial charge is 0.0671 e. The Morgan fingerprint density at radius 3 is 2.32 bits per heavy atom. The van der Waals surface area contributed by atoms with Gasteiger partial charge in [0, 0.05) is 34.2 Å². The highest BCUT2D eigenvalue weighted by molar-refractivity contribution is 6.09. The second kappa shape index (κ2) is 5.93. The number of aliphatic imine (C=N–C) groups is 1.